The number of benzene rings is 2. The van der Waals surface area contributed by atoms with Crippen molar-refractivity contribution in [2.24, 2.45) is 0 Å². The van der Waals surface area contributed by atoms with Crippen molar-refractivity contribution in [1.29, 1.82) is 0 Å². The summed E-state index contributed by atoms with van der Waals surface area (Å²) in [6.07, 6.45) is 0. The summed E-state index contributed by atoms with van der Waals surface area (Å²) in [7, 11) is 0. The second kappa shape index (κ2) is 4.63. The topological polar surface area (TPSA) is 43.8 Å². The molecular formula is C13H6ClF4N3. The van der Waals surface area contributed by atoms with Gasteiger partial charge in [0, 0.05) is 18.2 Å². The Balaban J connectivity index is 2.44. The van der Waals surface area contributed by atoms with E-state index in [1.54, 1.807) is 0 Å². The van der Waals surface area contributed by atoms with Crippen LogP contribution in [-0.2, 0) is 0 Å². The molecule has 0 fully saturated rings. The Kier molecular flexibility index (Phi) is 3.02. The standard InChI is InChI=1S/C13H6ClF4N3/c14-7-1-5(15)3-9(18)12(7)21-10-4-6(16)2-8(17)11(10)20-13(21)19/h1-4H,(H2,19,20). The number of fused-ring (bicyclic) bond motifs is 1. The summed E-state index contributed by atoms with van der Waals surface area (Å²) in [5, 5.41) is -0.303. The molecule has 0 saturated heterocycles. The number of halogens is 5. The summed E-state index contributed by atoms with van der Waals surface area (Å²) in [6, 6.07) is 3.01. The van der Waals surface area contributed by atoms with Crippen LogP contribution in [0.1, 0.15) is 0 Å². The third kappa shape index (κ3) is 2.09. The summed E-state index contributed by atoms with van der Waals surface area (Å²) in [5.74, 6) is -4.06. The van der Waals surface area contributed by atoms with E-state index in [1.807, 2.05) is 0 Å². The third-order valence-electron chi connectivity index (χ3n) is 2.91. The van der Waals surface area contributed by atoms with E-state index in [9.17, 15) is 17.6 Å². The van der Waals surface area contributed by atoms with Gasteiger partial charge in [0.05, 0.1) is 10.5 Å². The SMILES string of the molecule is Nc1nc2c(F)cc(F)cc2n1-c1c(F)cc(F)cc1Cl. The third-order valence-corrected chi connectivity index (χ3v) is 3.20. The van der Waals surface area contributed by atoms with Gasteiger partial charge in [-0.05, 0) is 6.07 Å². The highest BCUT2D eigenvalue weighted by Gasteiger charge is 2.20. The van der Waals surface area contributed by atoms with E-state index in [0.717, 1.165) is 16.7 Å². The average molecular weight is 316 g/mol. The Bertz CT molecular complexity index is 852. The van der Waals surface area contributed by atoms with E-state index in [1.165, 1.54) is 0 Å². The number of nitrogen functional groups attached to an aromatic ring is 1. The molecule has 1 heterocycles. The van der Waals surface area contributed by atoms with Crippen molar-refractivity contribution < 1.29 is 17.6 Å². The van der Waals surface area contributed by atoms with E-state index < -0.39 is 23.3 Å². The summed E-state index contributed by atoms with van der Waals surface area (Å²) in [6.45, 7) is 0. The van der Waals surface area contributed by atoms with Gasteiger partial charge in [-0.15, -0.1) is 0 Å². The van der Waals surface area contributed by atoms with Gasteiger partial charge in [0.2, 0.25) is 5.95 Å². The molecule has 0 atom stereocenters. The van der Waals surface area contributed by atoms with Crippen molar-refractivity contribution in [3.63, 3.8) is 0 Å². The van der Waals surface area contributed by atoms with Crippen LogP contribution in [0.3, 0.4) is 0 Å². The van der Waals surface area contributed by atoms with Gasteiger partial charge in [0.15, 0.2) is 11.6 Å². The maximum Gasteiger partial charge on any atom is 0.206 e. The van der Waals surface area contributed by atoms with Crippen molar-refractivity contribution in [3.05, 3.63) is 52.6 Å². The lowest BCUT2D eigenvalue weighted by atomic mass is 10.2. The molecule has 0 amide bonds. The van der Waals surface area contributed by atoms with E-state index in [-0.39, 0.29) is 27.7 Å². The molecule has 108 valence electrons. The van der Waals surface area contributed by atoms with Crippen LogP contribution in [0.2, 0.25) is 5.02 Å². The molecule has 0 saturated carbocycles. The largest absolute Gasteiger partial charge is 0.369 e. The highest BCUT2D eigenvalue weighted by Crippen LogP contribution is 2.32. The Morgan fingerprint density at radius 3 is 2.24 bits per heavy atom. The van der Waals surface area contributed by atoms with Crippen LogP contribution in [0.5, 0.6) is 0 Å². The van der Waals surface area contributed by atoms with Crippen molar-refractivity contribution >= 4 is 28.6 Å². The van der Waals surface area contributed by atoms with Gasteiger partial charge in [0.1, 0.15) is 22.8 Å². The first-order chi connectivity index (χ1) is 9.88. The lowest BCUT2D eigenvalue weighted by Crippen LogP contribution is -2.04. The second-order valence-electron chi connectivity index (χ2n) is 4.28. The molecule has 0 aliphatic carbocycles. The van der Waals surface area contributed by atoms with Gasteiger partial charge in [-0.3, -0.25) is 4.57 Å². The van der Waals surface area contributed by atoms with Gasteiger partial charge in [-0.1, -0.05) is 11.6 Å². The first-order valence-corrected chi connectivity index (χ1v) is 6.04. The zero-order valence-electron chi connectivity index (χ0n) is 10.2. The predicted molar refractivity (Wildman–Crippen MR) is 70.3 cm³/mol. The molecule has 3 aromatic rings. The van der Waals surface area contributed by atoms with Crippen LogP contribution in [0.25, 0.3) is 16.7 Å². The van der Waals surface area contributed by atoms with Crippen LogP contribution in [0.15, 0.2) is 24.3 Å². The maximum absolute atomic E-state index is 14.0. The molecule has 0 aliphatic heterocycles. The zero-order chi connectivity index (χ0) is 15.3. The number of rotatable bonds is 1. The fourth-order valence-electron chi connectivity index (χ4n) is 2.10. The summed E-state index contributed by atoms with van der Waals surface area (Å²) >= 11 is 5.81. The van der Waals surface area contributed by atoms with Crippen LogP contribution < -0.4 is 5.73 Å². The molecule has 0 bridgehead atoms. The van der Waals surface area contributed by atoms with Gasteiger partial charge in [-0.2, -0.15) is 0 Å². The molecule has 8 heteroatoms. The smallest absolute Gasteiger partial charge is 0.206 e. The summed E-state index contributed by atoms with van der Waals surface area (Å²) < 4.78 is 55.0. The van der Waals surface area contributed by atoms with Gasteiger partial charge in [0.25, 0.3) is 0 Å². The van der Waals surface area contributed by atoms with Crippen LogP contribution >= 0.6 is 11.6 Å². The Morgan fingerprint density at radius 1 is 0.952 bits per heavy atom. The quantitative estimate of drug-likeness (QED) is 0.694. The molecule has 1 aromatic heterocycles. The Morgan fingerprint density at radius 2 is 1.57 bits per heavy atom. The minimum absolute atomic E-state index is 0.114. The first-order valence-electron chi connectivity index (χ1n) is 5.66. The lowest BCUT2D eigenvalue weighted by Gasteiger charge is -2.10. The maximum atomic E-state index is 14.0. The number of hydrogen-bond acceptors (Lipinski definition) is 2. The van der Waals surface area contributed by atoms with E-state index in [0.29, 0.717) is 12.1 Å². The number of nitrogens with two attached hydrogens (primary N) is 1. The molecule has 0 spiro atoms. The minimum Gasteiger partial charge on any atom is -0.369 e. The number of hydrogen-bond donors (Lipinski definition) is 1. The van der Waals surface area contributed by atoms with Crippen LogP contribution in [0.4, 0.5) is 23.5 Å². The molecular weight excluding hydrogens is 310 g/mol. The molecule has 3 nitrogen and oxygen atoms in total. The molecule has 0 unspecified atom stereocenters. The average Bonchev–Trinajstić information content (AvgIpc) is 2.66. The molecule has 3 rings (SSSR count). The van der Waals surface area contributed by atoms with Crippen molar-refractivity contribution in [2.75, 3.05) is 5.73 Å². The molecule has 2 aromatic carbocycles. The fraction of sp³-hybridized carbons (Fsp3) is 0. The molecule has 21 heavy (non-hydrogen) atoms. The highest BCUT2D eigenvalue weighted by atomic mass is 35.5. The van der Waals surface area contributed by atoms with E-state index in [2.05, 4.69) is 4.98 Å². The molecule has 0 radical (unpaired) electrons. The van der Waals surface area contributed by atoms with Crippen molar-refractivity contribution in [3.8, 4) is 5.69 Å². The number of aromatic nitrogens is 2. The number of anilines is 1. The van der Waals surface area contributed by atoms with Crippen LogP contribution in [0, 0.1) is 23.3 Å². The van der Waals surface area contributed by atoms with Crippen LogP contribution in [-0.4, -0.2) is 9.55 Å². The fourth-order valence-corrected chi connectivity index (χ4v) is 2.38. The molecule has 2 N–H and O–H groups in total. The predicted octanol–water partition coefficient (Wildman–Crippen LogP) is 3.82. The molecule has 0 aliphatic rings. The second-order valence-corrected chi connectivity index (χ2v) is 4.69. The van der Waals surface area contributed by atoms with Crippen molar-refractivity contribution in [2.45, 2.75) is 0 Å². The monoisotopic (exact) mass is 315 g/mol. The van der Waals surface area contributed by atoms with Gasteiger partial charge < -0.3 is 5.73 Å². The Labute approximate surface area is 120 Å². The van der Waals surface area contributed by atoms with E-state index in [4.69, 9.17) is 17.3 Å². The van der Waals surface area contributed by atoms with Crippen molar-refractivity contribution in [1.82, 2.24) is 9.55 Å². The zero-order valence-corrected chi connectivity index (χ0v) is 10.9. The van der Waals surface area contributed by atoms with Gasteiger partial charge in [-0.25, -0.2) is 22.5 Å². The summed E-state index contributed by atoms with van der Waals surface area (Å²) in [4.78, 5) is 3.71. The highest BCUT2D eigenvalue weighted by molar-refractivity contribution is 6.32. The normalized spacial score (nSPS) is 11.3. The number of imidazole rings is 1. The van der Waals surface area contributed by atoms with Gasteiger partial charge >= 0.3 is 0 Å². The first kappa shape index (κ1) is 13.7. The number of nitrogens with zero attached hydrogens (tertiary/aromatic N) is 2. The Hall–Kier alpha value is -2.28. The minimum atomic E-state index is -1.03. The van der Waals surface area contributed by atoms with E-state index >= 15 is 0 Å². The summed E-state index contributed by atoms with van der Waals surface area (Å²) in [5.41, 5.74) is 4.94. The lowest BCUT2D eigenvalue weighted by molar-refractivity contribution is 0.578.